The van der Waals surface area contributed by atoms with Crippen LogP contribution in [0.2, 0.25) is 0 Å². The number of hydrogen-bond acceptors (Lipinski definition) is 3. The zero-order valence-electron chi connectivity index (χ0n) is 10.9. The average Bonchev–Trinajstić information content (AvgIpc) is 2.39. The van der Waals surface area contributed by atoms with Crippen molar-refractivity contribution in [3.63, 3.8) is 0 Å². The summed E-state index contributed by atoms with van der Waals surface area (Å²) in [6.45, 7) is 5.03. The molecule has 0 bridgehead atoms. The molecule has 1 aromatic rings. The first kappa shape index (κ1) is 14.6. The second kappa shape index (κ2) is 8.56. The van der Waals surface area contributed by atoms with Crippen LogP contribution in [0.3, 0.4) is 0 Å². The molecule has 1 rings (SSSR count). The molecule has 0 aromatic heterocycles. The van der Waals surface area contributed by atoms with Gasteiger partial charge in [0.25, 0.3) is 0 Å². The van der Waals surface area contributed by atoms with Crippen LogP contribution >= 0.6 is 11.8 Å². The molecule has 0 aliphatic carbocycles. The summed E-state index contributed by atoms with van der Waals surface area (Å²) >= 11 is 1.90. The van der Waals surface area contributed by atoms with Crippen molar-refractivity contribution in [2.75, 3.05) is 25.1 Å². The van der Waals surface area contributed by atoms with Gasteiger partial charge >= 0.3 is 0 Å². The fraction of sp³-hybridized carbons (Fsp3) is 0.571. The number of nitrogens with zero attached hydrogens (tertiary/aromatic N) is 1. The van der Waals surface area contributed by atoms with Crippen LogP contribution in [-0.4, -0.2) is 36.0 Å². The Hall–Kier alpha value is -0.510. The highest BCUT2D eigenvalue weighted by Gasteiger charge is 2.15. The molecule has 3 heteroatoms. The van der Waals surface area contributed by atoms with Crippen LogP contribution in [0.25, 0.3) is 0 Å². The summed E-state index contributed by atoms with van der Waals surface area (Å²) in [5.41, 5.74) is 7.26. The van der Waals surface area contributed by atoms with E-state index in [9.17, 15) is 0 Å². The smallest absolute Gasteiger partial charge is 0.0237 e. The lowest BCUT2D eigenvalue weighted by molar-refractivity contribution is 0.198. The molecule has 2 N–H and O–H groups in total. The van der Waals surface area contributed by atoms with Crippen molar-refractivity contribution in [2.45, 2.75) is 25.9 Å². The Morgan fingerprint density at radius 1 is 1.29 bits per heavy atom. The molecule has 0 saturated heterocycles. The van der Waals surface area contributed by atoms with Crippen LogP contribution < -0.4 is 5.73 Å². The molecule has 0 heterocycles. The molecular weight excluding hydrogens is 228 g/mol. The van der Waals surface area contributed by atoms with Gasteiger partial charge in [-0.1, -0.05) is 37.3 Å². The maximum atomic E-state index is 5.89. The Morgan fingerprint density at radius 3 is 2.53 bits per heavy atom. The topological polar surface area (TPSA) is 29.3 Å². The Kier molecular flexibility index (Phi) is 7.33. The van der Waals surface area contributed by atoms with Crippen molar-refractivity contribution < 1.29 is 0 Å². The Labute approximate surface area is 110 Å². The molecule has 0 aliphatic heterocycles. The van der Waals surface area contributed by atoms with Crippen LogP contribution in [0.1, 0.15) is 18.9 Å². The van der Waals surface area contributed by atoms with Crippen molar-refractivity contribution >= 4 is 11.8 Å². The lowest BCUT2D eigenvalue weighted by atomic mass is 10.1. The first-order valence-electron chi connectivity index (χ1n) is 6.28. The molecule has 0 fully saturated rings. The molecule has 1 aromatic carbocycles. The van der Waals surface area contributed by atoms with E-state index < -0.39 is 0 Å². The van der Waals surface area contributed by atoms with E-state index in [0.717, 1.165) is 19.6 Å². The van der Waals surface area contributed by atoms with Crippen molar-refractivity contribution in [2.24, 2.45) is 5.73 Å². The van der Waals surface area contributed by atoms with Gasteiger partial charge in [-0.2, -0.15) is 11.8 Å². The van der Waals surface area contributed by atoms with E-state index in [-0.39, 0.29) is 0 Å². The van der Waals surface area contributed by atoms with E-state index in [1.807, 2.05) is 11.8 Å². The maximum absolute atomic E-state index is 5.89. The predicted molar refractivity (Wildman–Crippen MR) is 78.4 cm³/mol. The fourth-order valence-electron chi connectivity index (χ4n) is 2.02. The van der Waals surface area contributed by atoms with Crippen LogP contribution in [0.4, 0.5) is 0 Å². The molecule has 0 saturated carbocycles. The van der Waals surface area contributed by atoms with Gasteiger partial charge in [0.05, 0.1) is 0 Å². The van der Waals surface area contributed by atoms with Gasteiger partial charge in [0.15, 0.2) is 0 Å². The van der Waals surface area contributed by atoms with Crippen molar-refractivity contribution in [3.05, 3.63) is 35.9 Å². The SMILES string of the molecule is CCN(Cc1ccccc1)C(CN)CCSC. The predicted octanol–water partition coefficient (Wildman–Crippen LogP) is 2.59. The number of benzene rings is 1. The molecule has 0 radical (unpaired) electrons. The van der Waals surface area contributed by atoms with Gasteiger partial charge in [-0.15, -0.1) is 0 Å². The number of nitrogens with two attached hydrogens (primary N) is 1. The second-order valence-electron chi connectivity index (χ2n) is 4.22. The molecule has 96 valence electrons. The van der Waals surface area contributed by atoms with E-state index in [4.69, 9.17) is 5.73 Å². The number of thioether (sulfide) groups is 1. The Bertz CT molecular complexity index is 290. The normalized spacial score (nSPS) is 12.9. The van der Waals surface area contributed by atoms with Gasteiger partial charge in [0.2, 0.25) is 0 Å². The quantitative estimate of drug-likeness (QED) is 0.771. The summed E-state index contributed by atoms with van der Waals surface area (Å²) in [6.07, 6.45) is 3.33. The molecule has 2 nitrogen and oxygen atoms in total. The van der Waals surface area contributed by atoms with E-state index in [0.29, 0.717) is 6.04 Å². The standard InChI is InChI=1S/C14H24N2S/c1-3-16(14(11-15)9-10-17-2)12-13-7-5-4-6-8-13/h4-8,14H,3,9-12,15H2,1-2H3. The third-order valence-corrected chi connectivity index (χ3v) is 3.72. The van der Waals surface area contributed by atoms with E-state index >= 15 is 0 Å². The van der Waals surface area contributed by atoms with E-state index in [2.05, 4.69) is 48.4 Å². The number of likely N-dealkylation sites (N-methyl/N-ethyl adjacent to an activating group) is 1. The Morgan fingerprint density at radius 2 is 2.00 bits per heavy atom. The minimum Gasteiger partial charge on any atom is -0.329 e. The van der Waals surface area contributed by atoms with Gasteiger partial charge < -0.3 is 5.73 Å². The van der Waals surface area contributed by atoms with Gasteiger partial charge in [0, 0.05) is 19.1 Å². The third-order valence-electron chi connectivity index (χ3n) is 3.08. The van der Waals surface area contributed by atoms with Crippen molar-refractivity contribution in [1.29, 1.82) is 0 Å². The lowest BCUT2D eigenvalue weighted by Crippen LogP contribution is -2.40. The lowest BCUT2D eigenvalue weighted by Gasteiger charge is -2.29. The minimum atomic E-state index is 0.507. The monoisotopic (exact) mass is 252 g/mol. The largest absolute Gasteiger partial charge is 0.329 e. The minimum absolute atomic E-state index is 0.507. The number of hydrogen-bond donors (Lipinski definition) is 1. The molecular formula is C14H24N2S. The highest BCUT2D eigenvalue weighted by molar-refractivity contribution is 7.98. The first-order valence-corrected chi connectivity index (χ1v) is 7.68. The average molecular weight is 252 g/mol. The maximum Gasteiger partial charge on any atom is 0.0237 e. The van der Waals surface area contributed by atoms with Crippen LogP contribution in [0.5, 0.6) is 0 Å². The zero-order chi connectivity index (χ0) is 12.5. The highest BCUT2D eigenvalue weighted by atomic mass is 32.2. The molecule has 1 unspecified atom stereocenters. The van der Waals surface area contributed by atoms with E-state index in [1.165, 1.54) is 17.7 Å². The number of rotatable bonds is 8. The summed E-state index contributed by atoms with van der Waals surface area (Å²) in [5, 5.41) is 0. The summed E-state index contributed by atoms with van der Waals surface area (Å²) in [5.74, 6) is 1.19. The van der Waals surface area contributed by atoms with Gasteiger partial charge in [0.1, 0.15) is 0 Å². The van der Waals surface area contributed by atoms with Crippen LogP contribution in [0, 0.1) is 0 Å². The van der Waals surface area contributed by atoms with Crippen molar-refractivity contribution in [3.8, 4) is 0 Å². The molecule has 0 aliphatic rings. The van der Waals surface area contributed by atoms with Crippen molar-refractivity contribution in [1.82, 2.24) is 4.90 Å². The van der Waals surface area contributed by atoms with Gasteiger partial charge in [-0.3, -0.25) is 4.90 Å². The van der Waals surface area contributed by atoms with Crippen LogP contribution in [-0.2, 0) is 6.54 Å². The second-order valence-corrected chi connectivity index (χ2v) is 5.21. The van der Waals surface area contributed by atoms with Crippen LogP contribution in [0.15, 0.2) is 30.3 Å². The fourth-order valence-corrected chi connectivity index (χ4v) is 2.53. The third kappa shape index (κ3) is 5.11. The van der Waals surface area contributed by atoms with E-state index in [1.54, 1.807) is 0 Å². The molecule has 0 spiro atoms. The zero-order valence-corrected chi connectivity index (χ0v) is 11.7. The first-order chi connectivity index (χ1) is 8.31. The summed E-state index contributed by atoms with van der Waals surface area (Å²) in [6, 6.07) is 11.1. The van der Waals surface area contributed by atoms with Gasteiger partial charge in [-0.05, 0) is 30.5 Å². The Balaban J connectivity index is 2.56. The summed E-state index contributed by atoms with van der Waals surface area (Å²) in [4.78, 5) is 2.48. The van der Waals surface area contributed by atoms with Gasteiger partial charge in [-0.25, -0.2) is 0 Å². The molecule has 17 heavy (non-hydrogen) atoms. The molecule has 1 atom stereocenters. The summed E-state index contributed by atoms with van der Waals surface area (Å²) in [7, 11) is 0. The highest BCUT2D eigenvalue weighted by Crippen LogP contribution is 2.12. The molecule has 0 amide bonds. The summed E-state index contributed by atoms with van der Waals surface area (Å²) < 4.78 is 0.